The number of aryl methyl sites for hydroxylation is 2. The zero-order valence-electron chi connectivity index (χ0n) is 22.2. The van der Waals surface area contributed by atoms with Crippen molar-refractivity contribution in [1.82, 2.24) is 10.3 Å². The summed E-state index contributed by atoms with van der Waals surface area (Å²) in [6.07, 6.45) is 3.08. The number of H-pyrrole nitrogens is 1. The molecule has 0 spiro atoms. The molecule has 1 saturated heterocycles. The summed E-state index contributed by atoms with van der Waals surface area (Å²) in [6, 6.07) is 14.3. The first-order valence-corrected chi connectivity index (χ1v) is 13.1. The maximum absolute atomic E-state index is 13.5. The van der Waals surface area contributed by atoms with Crippen molar-refractivity contribution in [1.29, 1.82) is 0 Å². The first-order valence-electron chi connectivity index (χ1n) is 13.1. The lowest BCUT2D eigenvalue weighted by molar-refractivity contribution is 0.00924. The normalized spacial score (nSPS) is 17.4. The van der Waals surface area contributed by atoms with Crippen LogP contribution in [0.3, 0.4) is 0 Å². The van der Waals surface area contributed by atoms with E-state index in [4.69, 9.17) is 10.5 Å². The molecule has 2 atom stereocenters. The van der Waals surface area contributed by atoms with E-state index in [0.29, 0.717) is 17.7 Å². The van der Waals surface area contributed by atoms with Crippen molar-refractivity contribution >= 4 is 11.6 Å². The Morgan fingerprint density at radius 3 is 2.54 bits per heavy atom. The Labute approximate surface area is 218 Å². The molecule has 7 nitrogen and oxygen atoms in total. The molecule has 0 radical (unpaired) electrons. The van der Waals surface area contributed by atoms with Crippen molar-refractivity contribution in [2.24, 2.45) is 5.73 Å². The molecular weight excluding hydrogens is 464 g/mol. The van der Waals surface area contributed by atoms with Gasteiger partial charge in [-0.25, -0.2) is 0 Å². The van der Waals surface area contributed by atoms with E-state index in [2.05, 4.69) is 28.6 Å². The second-order valence-electron chi connectivity index (χ2n) is 9.99. The minimum atomic E-state index is -0.209. The van der Waals surface area contributed by atoms with Gasteiger partial charge in [-0.2, -0.15) is 0 Å². The minimum absolute atomic E-state index is 0.163. The Kier molecular flexibility index (Phi) is 8.46. The fourth-order valence-electron chi connectivity index (χ4n) is 4.98. The van der Waals surface area contributed by atoms with Crippen LogP contribution in [0.15, 0.2) is 47.3 Å². The first kappa shape index (κ1) is 26.6. The third kappa shape index (κ3) is 6.29. The summed E-state index contributed by atoms with van der Waals surface area (Å²) < 4.78 is 5.86. The third-order valence-corrected chi connectivity index (χ3v) is 7.28. The van der Waals surface area contributed by atoms with Crippen molar-refractivity contribution in [3.05, 3.63) is 86.3 Å². The lowest BCUT2D eigenvalue weighted by Crippen LogP contribution is -2.34. The maximum atomic E-state index is 13.5. The van der Waals surface area contributed by atoms with Crippen LogP contribution in [0, 0.1) is 20.8 Å². The highest BCUT2D eigenvalue weighted by Gasteiger charge is 2.23. The summed E-state index contributed by atoms with van der Waals surface area (Å²) in [4.78, 5) is 28.7. The molecule has 4 rings (SSSR count). The number of rotatable bonds is 8. The molecule has 3 aromatic rings. The van der Waals surface area contributed by atoms with E-state index in [0.717, 1.165) is 65.1 Å². The predicted octanol–water partition coefficient (Wildman–Crippen LogP) is 4.73. The van der Waals surface area contributed by atoms with Gasteiger partial charge in [0.15, 0.2) is 0 Å². The van der Waals surface area contributed by atoms with Crippen LogP contribution in [0.25, 0.3) is 11.1 Å². The van der Waals surface area contributed by atoms with Gasteiger partial charge in [0.25, 0.3) is 11.5 Å². The molecule has 196 valence electrons. The molecule has 2 unspecified atom stereocenters. The maximum Gasteiger partial charge on any atom is 0.253 e. The van der Waals surface area contributed by atoms with E-state index in [1.807, 2.05) is 57.2 Å². The molecule has 5 N–H and O–H groups in total. The van der Waals surface area contributed by atoms with Crippen LogP contribution in [0.1, 0.15) is 64.5 Å². The highest BCUT2D eigenvalue weighted by molar-refractivity contribution is 5.98. The molecule has 2 aromatic carbocycles. The molecule has 1 amide bonds. The average molecular weight is 503 g/mol. The van der Waals surface area contributed by atoms with Crippen LogP contribution in [0.5, 0.6) is 0 Å². The molecule has 2 heterocycles. The van der Waals surface area contributed by atoms with Gasteiger partial charge in [-0.3, -0.25) is 9.59 Å². The summed E-state index contributed by atoms with van der Waals surface area (Å²) >= 11 is 0. The quantitative estimate of drug-likeness (QED) is 0.356. The molecular formula is C30H38N4O3. The molecule has 1 aliphatic rings. The zero-order chi connectivity index (χ0) is 26.5. The Morgan fingerprint density at radius 1 is 1.11 bits per heavy atom. The van der Waals surface area contributed by atoms with Crippen molar-refractivity contribution in [2.75, 3.05) is 11.9 Å². The van der Waals surface area contributed by atoms with E-state index >= 15 is 0 Å². The van der Waals surface area contributed by atoms with Crippen LogP contribution in [0.4, 0.5) is 5.69 Å². The van der Waals surface area contributed by atoms with E-state index < -0.39 is 0 Å². The number of hydrogen-bond acceptors (Lipinski definition) is 5. The topological polar surface area (TPSA) is 109 Å². The van der Waals surface area contributed by atoms with Crippen LogP contribution in [0.2, 0.25) is 0 Å². The molecule has 37 heavy (non-hydrogen) atoms. The number of aromatic nitrogens is 1. The van der Waals surface area contributed by atoms with Crippen LogP contribution < -0.4 is 21.9 Å². The molecule has 1 fully saturated rings. The van der Waals surface area contributed by atoms with E-state index in [-0.39, 0.29) is 30.2 Å². The van der Waals surface area contributed by atoms with Gasteiger partial charge in [-0.1, -0.05) is 31.2 Å². The molecule has 0 bridgehead atoms. The highest BCUT2D eigenvalue weighted by atomic mass is 16.5. The largest absolute Gasteiger partial charge is 0.382 e. The van der Waals surface area contributed by atoms with E-state index in [1.165, 1.54) is 0 Å². The van der Waals surface area contributed by atoms with Crippen molar-refractivity contribution in [3.8, 4) is 11.1 Å². The number of hydrogen-bond donors (Lipinski definition) is 4. The lowest BCUT2D eigenvalue weighted by atomic mass is 9.95. The van der Waals surface area contributed by atoms with Crippen LogP contribution in [-0.2, 0) is 17.8 Å². The van der Waals surface area contributed by atoms with Gasteiger partial charge in [0.05, 0.1) is 6.10 Å². The van der Waals surface area contributed by atoms with Gasteiger partial charge in [0.1, 0.15) is 0 Å². The Hall–Kier alpha value is -3.42. The number of carbonyl (C=O) groups excluding carboxylic acids is 1. The van der Waals surface area contributed by atoms with Crippen LogP contribution >= 0.6 is 0 Å². The second-order valence-corrected chi connectivity index (χ2v) is 9.99. The summed E-state index contributed by atoms with van der Waals surface area (Å²) in [6.45, 7) is 9.23. The molecule has 0 saturated carbocycles. The predicted molar refractivity (Wildman–Crippen MR) is 149 cm³/mol. The summed E-state index contributed by atoms with van der Waals surface area (Å²) in [7, 11) is 0. The fourth-order valence-corrected chi connectivity index (χ4v) is 4.98. The number of ether oxygens (including phenoxy) is 1. The molecule has 1 aromatic heterocycles. The number of benzene rings is 2. The van der Waals surface area contributed by atoms with Crippen molar-refractivity contribution < 1.29 is 9.53 Å². The summed E-state index contributed by atoms with van der Waals surface area (Å²) in [5.74, 6) is -0.209. The molecule has 1 aliphatic heterocycles. The Morgan fingerprint density at radius 2 is 1.86 bits per heavy atom. The Balaban J connectivity index is 1.66. The smallest absolute Gasteiger partial charge is 0.253 e. The first-order chi connectivity index (χ1) is 17.8. The summed E-state index contributed by atoms with van der Waals surface area (Å²) in [5.41, 5.74) is 13.3. The molecule has 0 aliphatic carbocycles. The van der Waals surface area contributed by atoms with Gasteiger partial charge >= 0.3 is 0 Å². The van der Waals surface area contributed by atoms with Crippen molar-refractivity contribution in [3.63, 3.8) is 0 Å². The van der Waals surface area contributed by atoms with Gasteiger partial charge < -0.3 is 26.1 Å². The number of anilines is 1. The van der Waals surface area contributed by atoms with E-state index in [1.54, 1.807) is 0 Å². The van der Waals surface area contributed by atoms with Gasteiger partial charge in [-0.15, -0.1) is 0 Å². The monoisotopic (exact) mass is 502 g/mol. The van der Waals surface area contributed by atoms with Gasteiger partial charge in [-0.05, 0) is 86.1 Å². The number of pyridine rings is 1. The number of amides is 1. The van der Waals surface area contributed by atoms with E-state index in [9.17, 15) is 9.59 Å². The number of nitrogens with one attached hydrogen (secondary N) is 3. The van der Waals surface area contributed by atoms with Crippen molar-refractivity contribution in [2.45, 2.75) is 72.2 Å². The Bertz CT molecular complexity index is 1310. The second kappa shape index (κ2) is 11.8. The highest BCUT2D eigenvalue weighted by Crippen LogP contribution is 2.31. The van der Waals surface area contributed by atoms with Crippen LogP contribution in [-0.4, -0.2) is 29.6 Å². The third-order valence-electron chi connectivity index (χ3n) is 7.28. The summed E-state index contributed by atoms with van der Waals surface area (Å²) in [5, 5.41) is 6.68. The SMILES string of the molecule is CCC1CC(Nc2cc(-c3ccc(CN)cc3)cc(C(=O)NCc3c(C)cc(C)[nH]c3=O)c2C)CCO1. The zero-order valence-corrected chi connectivity index (χ0v) is 22.2. The number of nitrogens with two attached hydrogens (primary N) is 1. The number of carbonyl (C=O) groups is 1. The van der Waals surface area contributed by atoms with Gasteiger partial charge in [0, 0.05) is 48.2 Å². The lowest BCUT2D eigenvalue weighted by Gasteiger charge is -2.31. The molecule has 7 heteroatoms. The average Bonchev–Trinajstić information content (AvgIpc) is 2.89. The standard InChI is InChI=1S/C30H38N4O3/c1-5-25-15-24(10-11-37-25)34-28-14-23(22-8-6-21(16-31)7-9-22)13-26(20(28)4)29(35)32-17-27-18(2)12-19(3)33-30(27)36/h6-9,12-14,24-25,34H,5,10-11,15-17,31H2,1-4H3,(H,32,35)(H,33,36). The fraction of sp³-hybridized carbons (Fsp3) is 0.400. The number of aromatic amines is 1. The van der Waals surface area contributed by atoms with Gasteiger partial charge in [0.2, 0.25) is 0 Å². The minimum Gasteiger partial charge on any atom is -0.382 e.